The lowest BCUT2D eigenvalue weighted by Crippen LogP contribution is -2.32. The van der Waals surface area contributed by atoms with Crippen molar-refractivity contribution in [3.05, 3.63) is 23.3 Å². The van der Waals surface area contributed by atoms with E-state index in [-0.39, 0.29) is 17.2 Å². The quantitative estimate of drug-likeness (QED) is 0.875. The van der Waals surface area contributed by atoms with Crippen molar-refractivity contribution in [2.45, 2.75) is 26.2 Å². The van der Waals surface area contributed by atoms with Crippen LogP contribution in [-0.2, 0) is 0 Å². The second kappa shape index (κ2) is 7.49. The first-order valence-electron chi connectivity index (χ1n) is 7.85. The van der Waals surface area contributed by atoms with Gasteiger partial charge < -0.3 is 20.1 Å². The molecule has 0 radical (unpaired) electrons. The molecule has 122 valence electrons. The number of phenolic OH excluding ortho intramolecular Hbond substituents is 1. The number of benzene rings is 1. The molecule has 0 aliphatic carbocycles. The van der Waals surface area contributed by atoms with E-state index in [2.05, 4.69) is 17.3 Å². The van der Waals surface area contributed by atoms with E-state index in [1.54, 1.807) is 12.1 Å². The van der Waals surface area contributed by atoms with E-state index < -0.39 is 0 Å². The summed E-state index contributed by atoms with van der Waals surface area (Å²) >= 11 is 0. The first-order valence-corrected chi connectivity index (χ1v) is 7.85. The number of likely N-dealkylation sites (tertiary alicyclic amines) is 1. The third-order valence-corrected chi connectivity index (χ3v) is 4.35. The van der Waals surface area contributed by atoms with E-state index in [1.807, 2.05) is 6.92 Å². The number of phenols is 1. The molecule has 5 heteroatoms. The predicted octanol–water partition coefficient (Wildman–Crippen LogP) is 2.17. The van der Waals surface area contributed by atoms with Crippen LogP contribution in [0.25, 0.3) is 0 Å². The van der Waals surface area contributed by atoms with Crippen molar-refractivity contribution < 1.29 is 14.6 Å². The minimum absolute atomic E-state index is 0.0337. The maximum Gasteiger partial charge on any atom is 0.258 e. The van der Waals surface area contributed by atoms with Gasteiger partial charge in [-0.2, -0.15) is 0 Å². The minimum atomic E-state index is -0.276. The first kappa shape index (κ1) is 16.6. The molecule has 1 aliphatic heterocycles. The van der Waals surface area contributed by atoms with E-state index >= 15 is 0 Å². The molecule has 2 N–H and O–H groups in total. The molecular formula is C17H26N2O3. The maximum absolute atomic E-state index is 12.3. The molecular weight excluding hydrogens is 280 g/mol. The molecule has 0 unspecified atom stereocenters. The van der Waals surface area contributed by atoms with Crippen LogP contribution >= 0.6 is 0 Å². The highest BCUT2D eigenvalue weighted by Crippen LogP contribution is 2.29. The van der Waals surface area contributed by atoms with Crippen LogP contribution in [0.15, 0.2) is 12.1 Å². The monoisotopic (exact) mass is 306 g/mol. The Kier molecular flexibility index (Phi) is 5.66. The summed E-state index contributed by atoms with van der Waals surface area (Å²) in [5.74, 6) is 0.773. The Morgan fingerprint density at radius 3 is 2.73 bits per heavy atom. The molecule has 0 aromatic heterocycles. The number of hydrogen-bond donors (Lipinski definition) is 2. The molecule has 0 saturated carbocycles. The van der Waals surface area contributed by atoms with Gasteiger partial charge in [0.1, 0.15) is 17.1 Å². The Labute approximate surface area is 132 Å². The average molecular weight is 306 g/mol. The SMILES string of the molecule is COc1cc(C)cc(O)c1C(=O)NCCC1CCN(C)CC1. The zero-order valence-electron chi connectivity index (χ0n) is 13.7. The zero-order valence-corrected chi connectivity index (χ0v) is 13.7. The van der Waals surface area contributed by atoms with Crippen LogP contribution in [-0.4, -0.2) is 49.7 Å². The predicted molar refractivity (Wildman–Crippen MR) is 86.6 cm³/mol. The summed E-state index contributed by atoms with van der Waals surface area (Å²) in [6, 6.07) is 3.33. The Morgan fingerprint density at radius 2 is 2.09 bits per heavy atom. The molecule has 5 nitrogen and oxygen atoms in total. The van der Waals surface area contributed by atoms with E-state index in [0.717, 1.165) is 25.1 Å². The van der Waals surface area contributed by atoms with Crippen molar-refractivity contribution in [2.75, 3.05) is 33.8 Å². The van der Waals surface area contributed by atoms with Crippen LogP contribution in [0, 0.1) is 12.8 Å². The van der Waals surface area contributed by atoms with E-state index in [4.69, 9.17) is 4.74 Å². The summed E-state index contributed by atoms with van der Waals surface area (Å²) in [4.78, 5) is 14.6. The molecule has 1 amide bonds. The Morgan fingerprint density at radius 1 is 1.41 bits per heavy atom. The molecule has 1 aromatic carbocycles. The molecule has 0 atom stereocenters. The van der Waals surface area contributed by atoms with Crippen molar-refractivity contribution in [1.29, 1.82) is 0 Å². The van der Waals surface area contributed by atoms with Gasteiger partial charge in [0.15, 0.2) is 0 Å². The van der Waals surface area contributed by atoms with Crippen molar-refractivity contribution in [3.8, 4) is 11.5 Å². The second-order valence-electron chi connectivity index (χ2n) is 6.15. The summed E-state index contributed by atoms with van der Waals surface area (Å²) in [6.07, 6.45) is 3.35. The largest absolute Gasteiger partial charge is 0.507 e. The van der Waals surface area contributed by atoms with Gasteiger partial charge in [0.05, 0.1) is 7.11 Å². The standard InChI is InChI=1S/C17H26N2O3/c1-12-10-14(20)16(15(11-12)22-3)17(21)18-7-4-13-5-8-19(2)9-6-13/h10-11,13,20H,4-9H2,1-3H3,(H,18,21). The number of aromatic hydroxyl groups is 1. The molecule has 1 aliphatic rings. The Bertz CT molecular complexity index is 523. The van der Waals surface area contributed by atoms with Gasteiger partial charge in [0.2, 0.25) is 0 Å². The summed E-state index contributed by atoms with van der Waals surface area (Å²) in [6.45, 7) is 4.74. The van der Waals surface area contributed by atoms with Crippen molar-refractivity contribution in [2.24, 2.45) is 5.92 Å². The van der Waals surface area contributed by atoms with Gasteiger partial charge in [0.25, 0.3) is 5.91 Å². The fourth-order valence-corrected chi connectivity index (χ4v) is 2.95. The van der Waals surface area contributed by atoms with Crippen LogP contribution < -0.4 is 10.1 Å². The molecule has 0 spiro atoms. The first-order chi connectivity index (χ1) is 10.5. The van der Waals surface area contributed by atoms with Gasteiger partial charge in [-0.25, -0.2) is 0 Å². The van der Waals surface area contributed by atoms with Gasteiger partial charge in [-0.05, 0) is 69.9 Å². The summed E-state index contributed by atoms with van der Waals surface area (Å²) in [5, 5.41) is 12.9. The highest BCUT2D eigenvalue weighted by atomic mass is 16.5. The third kappa shape index (κ3) is 4.13. The number of piperidine rings is 1. The van der Waals surface area contributed by atoms with Crippen molar-refractivity contribution >= 4 is 5.91 Å². The summed E-state index contributed by atoms with van der Waals surface area (Å²) in [7, 11) is 3.65. The number of rotatable bonds is 5. The minimum Gasteiger partial charge on any atom is -0.507 e. The molecule has 1 aromatic rings. The summed E-state index contributed by atoms with van der Waals surface area (Å²) < 4.78 is 5.21. The lowest BCUT2D eigenvalue weighted by molar-refractivity contribution is 0.0943. The van der Waals surface area contributed by atoms with Gasteiger partial charge in [0, 0.05) is 6.54 Å². The smallest absolute Gasteiger partial charge is 0.258 e. The molecule has 22 heavy (non-hydrogen) atoms. The van der Waals surface area contributed by atoms with Gasteiger partial charge >= 0.3 is 0 Å². The van der Waals surface area contributed by atoms with E-state index in [9.17, 15) is 9.90 Å². The Balaban J connectivity index is 1.90. The van der Waals surface area contributed by atoms with E-state index in [1.165, 1.54) is 20.0 Å². The van der Waals surface area contributed by atoms with Crippen LogP contribution in [0.5, 0.6) is 11.5 Å². The van der Waals surface area contributed by atoms with Crippen LogP contribution in [0.1, 0.15) is 35.2 Å². The third-order valence-electron chi connectivity index (χ3n) is 4.35. The molecule has 1 heterocycles. The number of ether oxygens (including phenoxy) is 1. The van der Waals surface area contributed by atoms with Crippen LogP contribution in [0.3, 0.4) is 0 Å². The molecule has 0 bridgehead atoms. The number of methoxy groups -OCH3 is 1. The molecule has 1 fully saturated rings. The number of carbonyl (C=O) groups is 1. The molecule has 2 rings (SSSR count). The lowest BCUT2D eigenvalue weighted by Gasteiger charge is -2.28. The van der Waals surface area contributed by atoms with Crippen LogP contribution in [0.4, 0.5) is 0 Å². The number of carbonyl (C=O) groups excluding carboxylic acids is 1. The highest BCUT2D eigenvalue weighted by molar-refractivity contribution is 5.99. The number of aryl methyl sites for hydroxylation is 1. The van der Waals surface area contributed by atoms with Gasteiger partial charge in [-0.15, -0.1) is 0 Å². The molecule has 1 saturated heterocycles. The lowest BCUT2D eigenvalue weighted by atomic mass is 9.94. The maximum atomic E-state index is 12.3. The van der Waals surface area contributed by atoms with Crippen molar-refractivity contribution in [3.63, 3.8) is 0 Å². The van der Waals surface area contributed by atoms with Crippen LogP contribution in [0.2, 0.25) is 0 Å². The Hall–Kier alpha value is -1.75. The van der Waals surface area contributed by atoms with E-state index in [0.29, 0.717) is 18.2 Å². The average Bonchev–Trinajstić information content (AvgIpc) is 2.48. The number of amides is 1. The number of nitrogens with one attached hydrogen (secondary N) is 1. The zero-order chi connectivity index (χ0) is 16.1. The van der Waals surface area contributed by atoms with Gasteiger partial charge in [-0.3, -0.25) is 4.79 Å². The topological polar surface area (TPSA) is 61.8 Å². The van der Waals surface area contributed by atoms with Crippen molar-refractivity contribution in [1.82, 2.24) is 10.2 Å². The number of nitrogens with zero attached hydrogens (tertiary/aromatic N) is 1. The fourth-order valence-electron chi connectivity index (χ4n) is 2.95. The normalized spacial score (nSPS) is 16.5. The van der Waals surface area contributed by atoms with Gasteiger partial charge in [-0.1, -0.05) is 0 Å². The number of hydrogen-bond acceptors (Lipinski definition) is 4. The fraction of sp³-hybridized carbons (Fsp3) is 0.588. The highest BCUT2D eigenvalue weighted by Gasteiger charge is 2.19. The second-order valence-corrected chi connectivity index (χ2v) is 6.15. The summed E-state index contributed by atoms with van der Waals surface area (Å²) in [5.41, 5.74) is 1.08.